The van der Waals surface area contributed by atoms with Gasteiger partial charge >= 0.3 is 0 Å². The van der Waals surface area contributed by atoms with Crippen LogP contribution in [0.25, 0.3) is 11.1 Å². The van der Waals surface area contributed by atoms with E-state index in [0.717, 1.165) is 30.4 Å². The van der Waals surface area contributed by atoms with Crippen LogP contribution >= 0.6 is 0 Å². The topological polar surface area (TPSA) is 52.0 Å². The lowest BCUT2D eigenvalue weighted by atomic mass is 9.77. The Morgan fingerprint density at radius 1 is 1.41 bits per heavy atom. The zero-order valence-electron chi connectivity index (χ0n) is 10.1. The zero-order valence-corrected chi connectivity index (χ0v) is 10.1. The van der Waals surface area contributed by atoms with Gasteiger partial charge in [0.05, 0.1) is 5.54 Å². The number of fused-ring (bicyclic) bond motifs is 1. The number of nitrogens with zero attached hydrogens (tertiary/aromatic N) is 1. The molecule has 0 radical (unpaired) electrons. The number of oxazole rings is 1. The van der Waals surface area contributed by atoms with Crippen LogP contribution in [0.4, 0.5) is 0 Å². The molecule has 90 valence electrons. The van der Waals surface area contributed by atoms with Crippen LogP contribution < -0.4 is 5.73 Å². The highest BCUT2D eigenvalue weighted by Gasteiger charge is 2.37. The summed E-state index contributed by atoms with van der Waals surface area (Å²) in [7, 11) is 0. The number of hydrogen-bond acceptors (Lipinski definition) is 3. The number of rotatable bonds is 1. The normalized spacial score (nSPS) is 29.6. The summed E-state index contributed by atoms with van der Waals surface area (Å²) in [5, 5.41) is 0. The van der Waals surface area contributed by atoms with Gasteiger partial charge in [0, 0.05) is 0 Å². The third kappa shape index (κ3) is 1.84. The van der Waals surface area contributed by atoms with Crippen LogP contribution in [-0.4, -0.2) is 4.98 Å². The predicted octanol–water partition coefficient (Wildman–Crippen LogP) is 3.19. The molecular formula is C14H18N2O. The maximum absolute atomic E-state index is 6.48. The fourth-order valence-corrected chi connectivity index (χ4v) is 2.87. The molecule has 1 aromatic carbocycles. The maximum Gasteiger partial charge on any atom is 0.215 e. The number of benzene rings is 1. The first kappa shape index (κ1) is 10.8. The molecule has 3 heteroatoms. The van der Waals surface area contributed by atoms with Gasteiger partial charge in [0.15, 0.2) is 5.58 Å². The summed E-state index contributed by atoms with van der Waals surface area (Å²) in [5.41, 5.74) is 7.86. The monoisotopic (exact) mass is 230 g/mol. The van der Waals surface area contributed by atoms with E-state index < -0.39 is 0 Å². The van der Waals surface area contributed by atoms with Gasteiger partial charge in [-0.05, 0) is 30.9 Å². The van der Waals surface area contributed by atoms with Gasteiger partial charge in [0.1, 0.15) is 5.52 Å². The molecule has 1 saturated carbocycles. The molecule has 0 aliphatic heterocycles. The third-order valence-electron chi connectivity index (χ3n) is 3.75. The SMILES string of the molecule is CC1CCCC(N)(c2nc3ccccc3o2)C1. The second kappa shape index (κ2) is 3.84. The second-order valence-corrected chi connectivity index (χ2v) is 5.34. The summed E-state index contributed by atoms with van der Waals surface area (Å²) in [6.45, 7) is 2.25. The largest absolute Gasteiger partial charge is 0.439 e. The first-order chi connectivity index (χ1) is 8.17. The summed E-state index contributed by atoms with van der Waals surface area (Å²) in [6.07, 6.45) is 4.37. The Balaban J connectivity index is 2.02. The minimum Gasteiger partial charge on any atom is -0.439 e. The van der Waals surface area contributed by atoms with Gasteiger partial charge < -0.3 is 10.2 Å². The van der Waals surface area contributed by atoms with E-state index in [-0.39, 0.29) is 5.54 Å². The Morgan fingerprint density at radius 2 is 2.24 bits per heavy atom. The van der Waals surface area contributed by atoms with Crippen molar-refractivity contribution >= 4 is 11.1 Å². The zero-order chi connectivity index (χ0) is 11.9. The van der Waals surface area contributed by atoms with Gasteiger partial charge in [-0.2, -0.15) is 0 Å². The lowest BCUT2D eigenvalue weighted by molar-refractivity contribution is 0.201. The Hall–Kier alpha value is -1.35. The van der Waals surface area contributed by atoms with Crippen molar-refractivity contribution < 1.29 is 4.42 Å². The molecule has 0 spiro atoms. The van der Waals surface area contributed by atoms with Crippen LogP contribution in [-0.2, 0) is 5.54 Å². The number of aromatic nitrogens is 1. The van der Waals surface area contributed by atoms with Crippen molar-refractivity contribution in [3.05, 3.63) is 30.2 Å². The van der Waals surface area contributed by atoms with Crippen LogP contribution in [0.3, 0.4) is 0 Å². The lowest BCUT2D eigenvalue weighted by Gasteiger charge is -2.33. The number of hydrogen-bond donors (Lipinski definition) is 1. The number of nitrogens with two attached hydrogens (primary N) is 1. The fourth-order valence-electron chi connectivity index (χ4n) is 2.87. The fraction of sp³-hybridized carbons (Fsp3) is 0.500. The molecule has 2 unspecified atom stereocenters. The van der Waals surface area contributed by atoms with Crippen LogP contribution in [0.15, 0.2) is 28.7 Å². The van der Waals surface area contributed by atoms with Crippen molar-refractivity contribution in [2.45, 2.75) is 38.1 Å². The molecule has 0 saturated heterocycles. The van der Waals surface area contributed by atoms with E-state index in [1.807, 2.05) is 24.3 Å². The maximum atomic E-state index is 6.48. The van der Waals surface area contributed by atoms with Gasteiger partial charge in [-0.3, -0.25) is 0 Å². The van der Waals surface area contributed by atoms with Gasteiger partial charge in [-0.15, -0.1) is 0 Å². The molecule has 0 bridgehead atoms. The quantitative estimate of drug-likeness (QED) is 0.818. The summed E-state index contributed by atoms with van der Waals surface area (Å²) < 4.78 is 5.82. The summed E-state index contributed by atoms with van der Waals surface area (Å²) >= 11 is 0. The predicted molar refractivity (Wildman–Crippen MR) is 67.5 cm³/mol. The van der Waals surface area contributed by atoms with E-state index in [2.05, 4.69) is 11.9 Å². The highest BCUT2D eigenvalue weighted by atomic mass is 16.4. The van der Waals surface area contributed by atoms with Crippen molar-refractivity contribution in [2.24, 2.45) is 11.7 Å². The molecule has 2 N–H and O–H groups in total. The third-order valence-corrected chi connectivity index (χ3v) is 3.75. The van der Waals surface area contributed by atoms with E-state index in [1.165, 1.54) is 6.42 Å². The molecule has 1 aromatic heterocycles. The van der Waals surface area contributed by atoms with Crippen LogP contribution in [0.5, 0.6) is 0 Å². The second-order valence-electron chi connectivity index (χ2n) is 5.34. The van der Waals surface area contributed by atoms with Gasteiger partial charge in [-0.25, -0.2) is 4.98 Å². The highest BCUT2D eigenvalue weighted by molar-refractivity contribution is 5.72. The highest BCUT2D eigenvalue weighted by Crippen LogP contribution is 2.38. The average molecular weight is 230 g/mol. The van der Waals surface area contributed by atoms with E-state index in [4.69, 9.17) is 10.2 Å². The van der Waals surface area contributed by atoms with Gasteiger partial charge in [-0.1, -0.05) is 31.9 Å². The molecule has 2 aromatic rings. The Morgan fingerprint density at radius 3 is 3.00 bits per heavy atom. The molecule has 1 aliphatic rings. The molecule has 3 rings (SSSR count). The molecule has 1 heterocycles. The number of para-hydroxylation sites is 2. The van der Waals surface area contributed by atoms with Crippen molar-refractivity contribution in [3.8, 4) is 0 Å². The van der Waals surface area contributed by atoms with E-state index >= 15 is 0 Å². The first-order valence-electron chi connectivity index (χ1n) is 6.32. The Bertz CT molecular complexity index is 501. The molecule has 1 aliphatic carbocycles. The summed E-state index contributed by atoms with van der Waals surface area (Å²) in [6, 6.07) is 7.85. The van der Waals surface area contributed by atoms with E-state index in [0.29, 0.717) is 11.8 Å². The van der Waals surface area contributed by atoms with Crippen molar-refractivity contribution in [1.29, 1.82) is 0 Å². The minimum atomic E-state index is -0.364. The van der Waals surface area contributed by atoms with Crippen molar-refractivity contribution in [2.75, 3.05) is 0 Å². The Kier molecular flexibility index (Phi) is 2.44. The standard InChI is InChI=1S/C14H18N2O/c1-10-5-4-8-14(15,9-10)13-16-11-6-2-3-7-12(11)17-13/h2-3,6-7,10H,4-5,8-9,15H2,1H3. The smallest absolute Gasteiger partial charge is 0.215 e. The summed E-state index contributed by atoms with van der Waals surface area (Å²) in [5.74, 6) is 1.37. The van der Waals surface area contributed by atoms with Crippen LogP contribution in [0, 0.1) is 5.92 Å². The van der Waals surface area contributed by atoms with E-state index in [9.17, 15) is 0 Å². The van der Waals surface area contributed by atoms with Gasteiger partial charge in [0.25, 0.3) is 0 Å². The van der Waals surface area contributed by atoms with Crippen molar-refractivity contribution in [1.82, 2.24) is 4.98 Å². The average Bonchev–Trinajstić information content (AvgIpc) is 2.73. The van der Waals surface area contributed by atoms with Crippen LogP contribution in [0.1, 0.15) is 38.5 Å². The first-order valence-corrected chi connectivity index (χ1v) is 6.32. The molecule has 2 atom stereocenters. The van der Waals surface area contributed by atoms with Crippen LogP contribution in [0.2, 0.25) is 0 Å². The Labute approximate surface area is 101 Å². The van der Waals surface area contributed by atoms with Gasteiger partial charge in [0.2, 0.25) is 5.89 Å². The molecule has 0 amide bonds. The lowest BCUT2D eigenvalue weighted by Crippen LogP contribution is -2.41. The van der Waals surface area contributed by atoms with E-state index in [1.54, 1.807) is 0 Å². The molecule has 3 nitrogen and oxygen atoms in total. The molecular weight excluding hydrogens is 212 g/mol. The van der Waals surface area contributed by atoms with Crippen molar-refractivity contribution in [3.63, 3.8) is 0 Å². The molecule has 1 fully saturated rings. The summed E-state index contributed by atoms with van der Waals surface area (Å²) in [4.78, 5) is 4.55. The molecule has 17 heavy (non-hydrogen) atoms. The minimum absolute atomic E-state index is 0.364.